The second kappa shape index (κ2) is 3.67. The van der Waals surface area contributed by atoms with E-state index in [0.29, 0.717) is 5.58 Å². The van der Waals surface area contributed by atoms with Crippen molar-refractivity contribution in [3.8, 4) is 0 Å². The minimum atomic E-state index is -0.392. The Hall–Kier alpha value is -1.55. The van der Waals surface area contributed by atoms with Crippen LogP contribution in [-0.2, 0) is 6.42 Å². The lowest BCUT2D eigenvalue weighted by Crippen LogP contribution is -2.10. The first-order valence-corrected chi connectivity index (χ1v) is 4.56. The van der Waals surface area contributed by atoms with E-state index >= 15 is 0 Å². The zero-order chi connectivity index (χ0) is 9.97. The molecule has 14 heavy (non-hydrogen) atoms. The molecule has 2 rings (SSSR count). The zero-order valence-electron chi connectivity index (χ0n) is 7.96. The standard InChI is InChI=1S/C10H12N2O2/c1-11-6-5-7-3-2-4-8-9(7)14-10(13)12-8/h2-4,11H,5-6H2,1H3,(H,12,13). The number of para-hydroxylation sites is 1. The maximum atomic E-state index is 11.0. The molecule has 74 valence electrons. The van der Waals surface area contributed by atoms with Crippen LogP contribution in [0, 0.1) is 0 Å². The van der Waals surface area contributed by atoms with Gasteiger partial charge in [-0.2, -0.15) is 0 Å². The van der Waals surface area contributed by atoms with Gasteiger partial charge in [0.25, 0.3) is 0 Å². The molecule has 0 amide bonds. The molecule has 2 N–H and O–H groups in total. The predicted molar refractivity (Wildman–Crippen MR) is 54.5 cm³/mol. The van der Waals surface area contributed by atoms with Crippen LogP contribution in [0.5, 0.6) is 0 Å². The summed E-state index contributed by atoms with van der Waals surface area (Å²) in [5, 5.41) is 3.06. The molecule has 0 aliphatic rings. The Labute approximate surface area is 80.9 Å². The molecular weight excluding hydrogens is 180 g/mol. The SMILES string of the molecule is CNCCc1cccc2[nH]c(=O)oc12. The van der Waals surface area contributed by atoms with Crippen molar-refractivity contribution < 1.29 is 4.42 Å². The van der Waals surface area contributed by atoms with Gasteiger partial charge in [-0.1, -0.05) is 12.1 Å². The van der Waals surface area contributed by atoms with Crippen LogP contribution in [0.3, 0.4) is 0 Å². The Morgan fingerprint density at radius 3 is 3.14 bits per heavy atom. The number of hydrogen-bond donors (Lipinski definition) is 2. The van der Waals surface area contributed by atoms with Crippen molar-refractivity contribution in [3.05, 3.63) is 34.3 Å². The molecule has 0 aliphatic heterocycles. The maximum absolute atomic E-state index is 11.0. The number of oxazole rings is 1. The molecular formula is C10H12N2O2. The van der Waals surface area contributed by atoms with E-state index in [1.165, 1.54) is 0 Å². The average Bonchev–Trinajstić information content (AvgIpc) is 2.55. The Morgan fingerprint density at radius 2 is 2.36 bits per heavy atom. The molecule has 0 fully saturated rings. The van der Waals surface area contributed by atoms with E-state index < -0.39 is 5.76 Å². The highest BCUT2D eigenvalue weighted by Crippen LogP contribution is 2.15. The van der Waals surface area contributed by atoms with Gasteiger partial charge in [0.15, 0.2) is 5.58 Å². The maximum Gasteiger partial charge on any atom is 0.417 e. The lowest BCUT2D eigenvalue weighted by Gasteiger charge is -1.99. The lowest BCUT2D eigenvalue weighted by atomic mass is 10.1. The number of nitrogens with one attached hydrogen (secondary N) is 2. The first-order chi connectivity index (χ1) is 6.81. The highest BCUT2D eigenvalue weighted by Gasteiger charge is 2.05. The van der Waals surface area contributed by atoms with Gasteiger partial charge in [-0.25, -0.2) is 4.79 Å². The van der Waals surface area contributed by atoms with Crippen molar-refractivity contribution in [2.24, 2.45) is 0 Å². The largest absolute Gasteiger partial charge is 0.417 e. The van der Waals surface area contributed by atoms with Crippen molar-refractivity contribution in [1.29, 1.82) is 0 Å². The number of aromatic nitrogens is 1. The lowest BCUT2D eigenvalue weighted by molar-refractivity contribution is 0.551. The second-order valence-electron chi connectivity index (χ2n) is 3.16. The van der Waals surface area contributed by atoms with E-state index in [4.69, 9.17) is 4.42 Å². The fraction of sp³-hybridized carbons (Fsp3) is 0.300. The molecule has 2 aromatic rings. The predicted octanol–water partition coefficient (Wildman–Crippen LogP) is 0.883. The number of hydrogen-bond acceptors (Lipinski definition) is 3. The third kappa shape index (κ3) is 1.56. The monoisotopic (exact) mass is 192 g/mol. The first-order valence-electron chi connectivity index (χ1n) is 4.56. The zero-order valence-corrected chi connectivity index (χ0v) is 7.96. The summed E-state index contributed by atoms with van der Waals surface area (Å²) in [6.45, 7) is 0.869. The van der Waals surface area contributed by atoms with Crippen LogP contribution in [0.25, 0.3) is 11.1 Å². The van der Waals surface area contributed by atoms with E-state index in [-0.39, 0.29) is 0 Å². The molecule has 4 nitrogen and oxygen atoms in total. The molecule has 1 aromatic carbocycles. The second-order valence-corrected chi connectivity index (χ2v) is 3.16. The molecule has 0 unspecified atom stereocenters. The fourth-order valence-corrected chi connectivity index (χ4v) is 1.49. The molecule has 1 aromatic heterocycles. The summed E-state index contributed by atoms with van der Waals surface area (Å²) in [6.07, 6.45) is 0.856. The van der Waals surface area contributed by atoms with Crippen molar-refractivity contribution in [2.75, 3.05) is 13.6 Å². The Morgan fingerprint density at radius 1 is 1.50 bits per heavy atom. The van der Waals surface area contributed by atoms with Crippen LogP contribution in [0.2, 0.25) is 0 Å². The van der Waals surface area contributed by atoms with Crippen molar-refractivity contribution >= 4 is 11.1 Å². The van der Waals surface area contributed by atoms with Crippen LogP contribution < -0.4 is 11.1 Å². The summed E-state index contributed by atoms with van der Waals surface area (Å²) < 4.78 is 5.06. The number of benzene rings is 1. The van der Waals surface area contributed by atoms with Gasteiger partial charge in [0.2, 0.25) is 0 Å². The number of aromatic amines is 1. The van der Waals surface area contributed by atoms with Crippen molar-refractivity contribution in [2.45, 2.75) is 6.42 Å². The first kappa shape index (κ1) is 9.02. The number of H-pyrrole nitrogens is 1. The smallest absolute Gasteiger partial charge is 0.408 e. The summed E-state index contributed by atoms with van der Waals surface area (Å²) in [4.78, 5) is 13.6. The van der Waals surface area contributed by atoms with E-state index in [2.05, 4.69) is 10.3 Å². The van der Waals surface area contributed by atoms with Gasteiger partial charge >= 0.3 is 5.76 Å². The van der Waals surface area contributed by atoms with Gasteiger partial charge in [0, 0.05) is 0 Å². The van der Waals surface area contributed by atoms with Gasteiger partial charge in [-0.3, -0.25) is 4.98 Å². The quantitative estimate of drug-likeness (QED) is 0.759. The van der Waals surface area contributed by atoms with Crippen molar-refractivity contribution in [1.82, 2.24) is 10.3 Å². The average molecular weight is 192 g/mol. The van der Waals surface area contributed by atoms with Gasteiger partial charge in [-0.15, -0.1) is 0 Å². The molecule has 0 saturated heterocycles. The van der Waals surface area contributed by atoms with Crippen LogP contribution in [-0.4, -0.2) is 18.6 Å². The highest BCUT2D eigenvalue weighted by atomic mass is 16.4. The van der Waals surface area contributed by atoms with E-state index in [9.17, 15) is 4.79 Å². The molecule has 4 heteroatoms. The Kier molecular flexibility index (Phi) is 2.37. The van der Waals surface area contributed by atoms with Gasteiger partial charge in [-0.05, 0) is 31.6 Å². The van der Waals surface area contributed by atoms with Crippen LogP contribution in [0.15, 0.2) is 27.4 Å². The van der Waals surface area contributed by atoms with Crippen molar-refractivity contribution in [3.63, 3.8) is 0 Å². The third-order valence-electron chi connectivity index (χ3n) is 2.17. The normalized spacial score (nSPS) is 10.9. The van der Waals surface area contributed by atoms with Crippen LogP contribution >= 0.6 is 0 Å². The van der Waals surface area contributed by atoms with E-state index in [1.54, 1.807) is 0 Å². The summed E-state index contributed by atoms with van der Waals surface area (Å²) in [5.74, 6) is -0.392. The minimum Gasteiger partial charge on any atom is -0.408 e. The topological polar surface area (TPSA) is 58.0 Å². The Bertz CT molecular complexity index is 484. The molecule has 0 aliphatic carbocycles. The molecule has 0 spiro atoms. The van der Waals surface area contributed by atoms with Gasteiger partial charge in [0.1, 0.15) is 0 Å². The number of likely N-dealkylation sites (N-methyl/N-ethyl adjacent to an activating group) is 1. The fourth-order valence-electron chi connectivity index (χ4n) is 1.49. The molecule has 0 bridgehead atoms. The Balaban J connectivity index is 2.47. The summed E-state index contributed by atoms with van der Waals surface area (Å²) in [6, 6.07) is 5.72. The number of fused-ring (bicyclic) bond motifs is 1. The summed E-state index contributed by atoms with van der Waals surface area (Å²) in [5.41, 5.74) is 2.49. The van der Waals surface area contributed by atoms with E-state index in [0.717, 1.165) is 24.0 Å². The van der Waals surface area contributed by atoms with Crippen LogP contribution in [0.1, 0.15) is 5.56 Å². The summed E-state index contributed by atoms with van der Waals surface area (Å²) in [7, 11) is 1.90. The highest BCUT2D eigenvalue weighted by molar-refractivity contribution is 5.75. The molecule has 0 radical (unpaired) electrons. The third-order valence-corrected chi connectivity index (χ3v) is 2.17. The van der Waals surface area contributed by atoms with Crippen LogP contribution in [0.4, 0.5) is 0 Å². The van der Waals surface area contributed by atoms with E-state index in [1.807, 2.05) is 25.2 Å². The van der Waals surface area contributed by atoms with Gasteiger partial charge in [0.05, 0.1) is 5.52 Å². The summed E-state index contributed by atoms with van der Waals surface area (Å²) >= 11 is 0. The molecule has 1 heterocycles. The minimum absolute atomic E-state index is 0.392. The molecule has 0 atom stereocenters. The molecule has 0 saturated carbocycles. The number of rotatable bonds is 3. The van der Waals surface area contributed by atoms with Gasteiger partial charge < -0.3 is 9.73 Å².